The molecule has 0 bridgehead atoms. The van der Waals surface area contributed by atoms with Crippen LogP contribution in [0.4, 0.5) is 0 Å². The summed E-state index contributed by atoms with van der Waals surface area (Å²) in [5, 5.41) is 3.27. The lowest BCUT2D eigenvalue weighted by atomic mass is 10.1. The van der Waals surface area contributed by atoms with Crippen molar-refractivity contribution in [2.24, 2.45) is 0 Å². The Balaban J connectivity index is 1.39. The SMILES string of the molecule is CCCOc1ccc(/C=C/C(=O)Oc2ccc3cc(C(=O)NCCc4ccccc4)c(=O)oc3c2)cc1OC. The lowest BCUT2D eigenvalue weighted by Gasteiger charge is -2.10. The van der Waals surface area contributed by atoms with Crippen molar-refractivity contribution in [1.29, 1.82) is 0 Å². The Bertz CT molecular complexity index is 1540. The first kappa shape index (κ1) is 27.2. The van der Waals surface area contributed by atoms with Gasteiger partial charge in [0.05, 0.1) is 13.7 Å². The summed E-state index contributed by atoms with van der Waals surface area (Å²) in [5.41, 5.74) is 1.14. The molecular formula is C31H29NO7. The summed E-state index contributed by atoms with van der Waals surface area (Å²) in [6.45, 7) is 2.97. The molecule has 39 heavy (non-hydrogen) atoms. The minimum Gasteiger partial charge on any atom is -0.493 e. The van der Waals surface area contributed by atoms with Crippen LogP contribution in [0.1, 0.15) is 34.8 Å². The highest BCUT2D eigenvalue weighted by atomic mass is 16.5. The van der Waals surface area contributed by atoms with Crippen molar-refractivity contribution in [2.45, 2.75) is 19.8 Å². The van der Waals surface area contributed by atoms with Crippen LogP contribution >= 0.6 is 0 Å². The van der Waals surface area contributed by atoms with Crippen LogP contribution in [0.3, 0.4) is 0 Å². The first-order valence-electron chi connectivity index (χ1n) is 12.6. The highest BCUT2D eigenvalue weighted by Crippen LogP contribution is 2.29. The second kappa shape index (κ2) is 13.1. The van der Waals surface area contributed by atoms with Gasteiger partial charge in [0, 0.05) is 24.1 Å². The molecule has 1 amide bonds. The molecule has 0 unspecified atom stereocenters. The average Bonchev–Trinajstić information content (AvgIpc) is 2.95. The number of hydrogen-bond donors (Lipinski definition) is 1. The van der Waals surface area contributed by atoms with Crippen LogP contribution in [-0.2, 0) is 11.2 Å². The number of rotatable bonds is 11. The van der Waals surface area contributed by atoms with E-state index in [-0.39, 0.29) is 16.9 Å². The van der Waals surface area contributed by atoms with E-state index in [1.165, 1.54) is 18.2 Å². The Kier molecular flexibility index (Phi) is 9.13. The molecule has 1 heterocycles. The zero-order chi connectivity index (χ0) is 27.6. The number of ether oxygens (including phenoxy) is 3. The molecule has 1 aromatic heterocycles. The van der Waals surface area contributed by atoms with Crippen LogP contribution in [0.2, 0.25) is 0 Å². The van der Waals surface area contributed by atoms with E-state index < -0.39 is 17.5 Å². The summed E-state index contributed by atoms with van der Waals surface area (Å²) >= 11 is 0. The Morgan fingerprint density at radius 1 is 0.974 bits per heavy atom. The van der Waals surface area contributed by atoms with Crippen LogP contribution in [0.25, 0.3) is 17.0 Å². The van der Waals surface area contributed by atoms with Crippen molar-refractivity contribution in [1.82, 2.24) is 5.32 Å². The summed E-state index contributed by atoms with van der Waals surface area (Å²) in [4.78, 5) is 37.4. The van der Waals surface area contributed by atoms with Gasteiger partial charge in [0.15, 0.2) is 11.5 Å². The van der Waals surface area contributed by atoms with Gasteiger partial charge in [-0.05, 0) is 60.4 Å². The first-order valence-corrected chi connectivity index (χ1v) is 12.6. The van der Waals surface area contributed by atoms with E-state index in [1.54, 1.807) is 43.5 Å². The maximum absolute atomic E-state index is 12.5. The fourth-order valence-corrected chi connectivity index (χ4v) is 3.81. The zero-order valence-electron chi connectivity index (χ0n) is 21.8. The van der Waals surface area contributed by atoms with Crippen LogP contribution in [0.15, 0.2) is 88.1 Å². The number of carbonyl (C=O) groups excluding carboxylic acids is 2. The van der Waals surface area contributed by atoms with Crippen molar-refractivity contribution in [3.05, 3.63) is 106 Å². The molecule has 0 aliphatic heterocycles. The Labute approximate surface area is 225 Å². The lowest BCUT2D eigenvalue weighted by molar-refractivity contribution is -0.128. The van der Waals surface area contributed by atoms with E-state index in [0.717, 1.165) is 17.5 Å². The molecule has 0 saturated heterocycles. The van der Waals surface area contributed by atoms with Gasteiger partial charge in [0.25, 0.3) is 5.91 Å². The monoisotopic (exact) mass is 527 g/mol. The number of methoxy groups -OCH3 is 1. The van der Waals surface area contributed by atoms with Crippen LogP contribution in [0.5, 0.6) is 17.2 Å². The largest absolute Gasteiger partial charge is 0.493 e. The maximum Gasteiger partial charge on any atom is 0.349 e. The molecule has 0 aliphatic rings. The summed E-state index contributed by atoms with van der Waals surface area (Å²) in [7, 11) is 1.55. The summed E-state index contributed by atoms with van der Waals surface area (Å²) in [6, 6.07) is 21.1. The van der Waals surface area contributed by atoms with E-state index in [9.17, 15) is 14.4 Å². The van der Waals surface area contributed by atoms with E-state index in [4.69, 9.17) is 18.6 Å². The third-order valence-electron chi connectivity index (χ3n) is 5.77. The van der Waals surface area contributed by atoms with E-state index in [1.807, 2.05) is 37.3 Å². The smallest absolute Gasteiger partial charge is 0.349 e. The zero-order valence-corrected chi connectivity index (χ0v) is 21.8. The summed E-state index contributed by atoms with van der Waals surface area (Å²) in [6.07, 6.45) is 4.39. The molecule has 0 atom stereocenters. The van der Waals surface area contributed by atoms with Crippen molar-refractivity contribution in [3.63, 3.8) is 0 Å². The molecule has 4 rings (SSSR count). The van der Waals surface area contributed by atoms with Crippen LogP contribution in [-0.4, -0.2) is 32.1 Å². The van der Waals surface area contributed by atoms with Crippen LogP contribution in [0, 0.1) is 0 Å². The molecule has 0 saturated carbocycles. The van der Waals surface area contributed by atoms with Gasteiger partial charge >= 0.3 is 11.6 Å². The van der Waals surface area contributed by atoms with Gasteiger partial charge in [0.2, 0.25) is 0 Å². The quantitative estimate of drug-likeness (QED) is 0.124. The van der Waals surface area contributed by atoms with E-state index >= 15 is 0 Å². The third-order valence-corrected chi connectivity index (χ3v) is 5.77. The van der Waals surface area contributed by atoms with Crippen molar-refractivity contribution >= 4 is 28.9 Å². The van der Waals surface area contributed by atoms with Crippen molar-refractivity contribution < 1.29 is 28.2 Å². The molecule has 200 valence electrons. The Morgan fingerprint density at radius 3 is 2.56 bits per heavy atom. The second-order valence-corrected chi connectivity index (χ2v) is 8.65. The topological polar surface area (TPSA) is 104 Å². The molecule has 0 fully saturated rings. The number of nitrogens with one attached hydrogen (secondary N) is 1. The van der Waals surface area contributed by atoms with Crippen molar-refractivity contribution in [2.75, 3.05) is 20.3 Å². The molecule has 1 N–H and O–H groups in total. The number of fused-ring (bicyclic) bond motifs is 1. The highest BCUT2D eigenvalue weighted by molar-refractivity contribution is 5.97. The predicted molar refractivity (Wildman–Crippen MR) is 148 cm³/mol. The van der Waals surface area contributed by atoms with E-state index in [2.05, 4.69) is 5.32 Å². The van der Waals surface area contributed by atoms with Gasteiger partial charge in [-0.15, -0.1) is 0 Å². The van der Waals surface area contributed by atoms with Crippen LogP contribution < -0.4 is 25.2 Å². The van der Waals surface area contributed by atoms with Gasteiger partial charge in [-0.3, -0.25) is 4.79 Å². The minimum atomic E-state index is -0.775. The second-order valence-electron chi connectivity index (χ2n) is 8.65. The molecule has 8 heteroatoms. The molecule has 0 radical (unpaired) electrons. The number of hydrogen-bond acceptors (Lipinski definition) is 7. The number of benzene rings is 3. The molecule has 3 aromatic carbocycles. The van der Waals surface area contributed by atoms with E-state index in [0.29, 0.717) is 36.5 Å². The highest BCUT2D eigenvalue weighted by Gasteiger charge is 2.14. The average molecular weight is 528 g/mol. The molecule has 4 aromatic rings. The number of carbonyl (C=O) groups is 2. The summed E-state index contributed by atoms with van der Waals surface area (Å²) in [5.74, 6) is 0.263. The molecule has 0 aliphatic carbocycles. The Hall–Kier alpha value is -4.85. The minimum absolute atomic E-state index is 0.0928. The first-order chi connectivity index (χ1) is 19.0. The fourth-order valence-electron chi connectivity index (χ4n) is 3.81. The lowest BCUT2D eigenvalue weighted by Crippen LogP contribution is -2.29. The molecular weight excluding hydrogens is 498 g/mol. The van der Waals surface area contributed by atoms with Gasteiger partial charge in [-0.2, -0.15) is 0 Å². The Morgan fingerprint density at radius 2 is 1.79 bits per heavy atom. The maximum atomic E-state index is 12.5. The summed E-state index contributed by atoms with van der Waals surface area (Å²) < 4.78 is 21.7. The van der Waals surface area contributed by atoms with Gasteiger partial charge in [-0.1, -0.05) is 43.3 Å². The molecule has 8 nitrogen and oxygen atoms in total. The van der Waals surface area contributed by atoms with Gasteiger partial charge in [0.1, 0.15) is 16.9 Å². The predicted octanol–water partition coefficient (Wildman–Crippen LogP) is 5.18. The third kappa shape index (κ3) is 7.35. The molecule has 0 spiro atoms. The normalized spacial score (nSPS) is 10.9. The van der Waals surface area contributed by atoms with Gasteiger partial charge in [-0.25, -0.2) is 9.59 Å². The van der Waals surface area contributed by atoms with Gasteiger partial charge < -0.3 is 23.9 Å². The van der Waals surface area contributed by atoms with Crippen molar-refractivity contribution in [3.8, 4) is 17.2 Å². The number of esters is 1. The fraction of sp³-hybridized carbons (Fsp3) is 0.194. The number of amides is 1. The standard InChI is InChI=1S/C31H29NO7/c1-3-17-37-26-13-9-22(18-28(26)36-2)10-14-29(33)38-24-12-11-23-19-25(31(35)39-27(23)20-24)30(34)32-16-15-21-7-5-4-6-8-21/h4-14,18-20H,3,15-17H2,1-2H3,(H,32,34)/b14-10+.